The van der Waals surface area contributed by atoms with Crippen LogP contribution in [0.15, 0.2) is 47.4 Å². The molecule has 0 aliphatic carbocycles. The van der Waals surface area contributed by atoms with E-state index in [1.165, 1.54) is 16.4 Å². The molecule has 1 aliphatic rings. The van der Waals surface area contributed by atoms with Crippen molar-refractivity contribution in [2.75, 3.05) is 20.1 Å². The van der Waals surface area contributed by atoms with Crippen molar-refractivity contribution in [1.82, 2.24) is 9.21 Å². The van der Waals surface area contributed by atoms with Crippen molar-refractivity contribution in [3.63, 3.8) is 0 Å². The molecule has 2 aromatic rings. The summed E-state index contributed by atoms with van der Waals surface area (Å²) in [5.74, 6) is 0.0655. The van der Waals surface area contributed by atoms with Gasteiger partial charge in [-0.05, 0) is 55.0 Å². The summed E-state index contributed by atoms with van der Waals surface area (Å²) in [5, 5.41) is 0.140. The number of nitrogens with zero attached hydrogens (tertiary/aromatic N) is 2. The number of hydrogen-bond acceptors (Lipinski definition) is 3. The van der Waals surface area contributed by atoms with Gasteiger partial charge in [0.05, 0.1) is 5.02 Å². The predicted molar refractivity (Wildman–Crippen MR) is 116 cm³/mol. The third-order valence-electron chi connectivity index (χ3n) is 5.43. The first-order chi connectivity index (χ1) is 13.7. The Bertz CT molecular complexity index is 1010. The van der Waals surface area contributed by atoms with Crippen molar-refractivity contribution < 1.29 is 13.2 Å². The zero-order valence-corrected chi connectivity index (χ0v) is 18.6. The largest absolute Gasteiger partial charge is 0.337 e. The van der Waals surface area contributed by atoms with Gasteiger partial charge in [0.15, 0.2) is 0 Å². The lowest BCUT2D eigenvalue weighted by Gasteiger charge is -2.30. The molecular weight excluding hydrogens is 408 g/mol. The molecule has 1 aliphatic heterocycles. The number of sulfonamides is 1. The minimum absolute atomic E-state index is 0.00316. The van der Waals surface area contributed by atoms with E-state index in [4.69, 9.17) is 11.6 Å². The Morgan fingerprint density at radius 1 is 1.24 bits per heavy atom. The van der Waals surface area contributed by atoms with Gasteiger partial charge < -0.3 is 4.90 Å². The maximum Gasteiger partial charge on any atom is 0.253 e. The molecule has 1 saturated heterocycles. The number of carbonyl (C=O) groups excluding carboxylic acids is 1. The highest BCUT2D eigenvalue weighted by molar-refractivity contribution is 7.89. The SMILES string of the molecule is Cc1ccccc1CN(C)C(=O)c1ccc(Cl)c(S(=O)(=O)N2CCCC(C)C2)c1. The number of aryl methyl sites for hydroxylation is 1. The Morgan fingerprint density at radius 2 is 1.97 bits per heavy atom. The smallest absolute Gasteiger partial charge is 0.253 e. The minimum Gasteiger partial charge on any atom is -0.337 e. The third-order valence-corrected chi connectivity index (χ3v) is 7.78. The first-order valence-electron chi connectivity index (χ1n) is 9.80. The van der Waals surface area contributed by atoms with Gasteiger partial charge >= 0.3 is 0 Å². The van der Waals surface area contributed by atoms with Crippen molar-refractivity contribution in [1.29, 1.82) is 0 Å². The maximum absolute atomic E-state index is 13.2. The summed E-state index contributed by atoms with van der Waals surface area (Å²) in [4.78, 5) is 14.5. The highest BCUT2D eigenvalue weighted by Crippen LogP contribution is 2.29. The van der Waals surface area contributed by atoms with Crippen LogP contribution in [0.25, 0.3) is 0 Å². The van der Waals surface area contributed by atoms with Gasteiger partial charge in [0.1, 0.15) is 4.90 Å². The van der Waals surface area contributed by atoms with Gasteiger partial charge in [0, 0.05) is 32.2 Å². The van der Waals surface area contributed by atoms with E-state index in [0.717, 1.165) is 24.0 Å². The van der Waals surface area contributed by atoms with Crippen LogP contribution in [-0.2, 0) is 16.6 Å². The molecule has 3 rings (SSSR count). The molecule has 7 heteroatoms. The van der Waals surface area contributed by atoms with Crippen LogP contribution in [0.5, 0.6) is 0 Å². The first kappa shape index (κ1) is 21.8. The molecule has 0 radical (unpaired) electrons. The Labute approximate surface area is 178 Å². The molecule has 1 unspecified atom stereocenters. The number of hydrogen-bond donors (Lipinski definition) is 0. The van der Waals surface area contributed by atoms with E-state index in [-0.39, 0.29) is 15.8 Å². The zero-order valence-electron chi connectivity index (χ0n) is 17.1. The van der Waals surface area contributed by atoms with Crippen LogP contribution < -0.4 is 0 Å². The van der Waals surface area contributed by atoms with Gasteiger partial charge in [-0.3, -0.25) is 4.79 Å². The highest BCUT2D eigenvalue weighted by Gasteiger charge is 2.31. The van der Waals surface area contributed by atoms with Crippen LogP contribution in [0.1, 0.15) is 41.3 Å². The number of rotatable bonds is 5. The van der Waals surface area contributed by atoms with E-state index in [1.54, 1.807) is 18.0 Å². The summed E-state index contributed by atoms with van der Waals surface area (Å²) in [6.45, 7) is 5.45. The molecular formula is C22H27ClN2O3S. The minimum atomic E-state index is -3.74. The monoisotopic (exact) mass is 434 g/mol. The second-order valence-corrected chi connectivity index (χ2v) is 10.2. The average Bonchev–Trinajstić information content (AvgIpc) is 2.69. The van der Waals surface area contributed by atoms with Gasteiger partial charge in [-0.2, -0.15) is 4.31 Å². The van der Waals surface area contributed by atoms with Gasteiger partial charge in [-0.1, -0.05) is 42.8 Å². The van der Waals surface area contributed by atoms with Crippen LogP contribution in [0, 0.1) is 12.8 Å². The summed E-state index contributed by atoms with van der Waals surface area (Å²) in [7, 11) is -2.03. The maximum atomic E-state index is 13.2. The molecule has 29 heavy (non-hydrogen) atoms. The second-order valence-electron chi connectivity index (χ2n) is 7.84. The van der Waals surface area contributed by atoms with Crippen LogP contribution in [-0.4, -0.2) is 43.7 Å². The quantitative estimate of drug-likeness (QED) is 0.703. The lowest BCUT2D eigenvalue weighted by molar-refractivity contribution is 0.0784. The van der Waals surface area contributed by atoms with Crippen LogP contribution in [0.2, 0.25) is 5.02 Å². The first-order valence-corrected chi connectivity index (χ1v) is 11.6. The van der Waals surface area contributed by atoms with Gasteiger partial charge in [0.2, 0.25) is 10.0 Å². The number of amides is 1. The molecule has 0 aromatic heterocycles. The fourth-order valence-electron chi connectivity index (χ4n) is 3.67. The summed E-state index contributed by atoms with van der Waals surface area (Å²) in [6, 6.07) is 12.4. The Hall–Kier alpha value is -1.89. The van der Waals surface area contributed by atoms with Crippen molar-refractivity contribution in [3.8, 4) is 0 Å². The summed E-state index contributed by atoms with van der Waals surface area (Å²) in [5.41, 5.74) is 2.47. The van der Waals surface area contributed by atoms with Crippen molar-refractivity contribution in [2.45, 2.75) is 38.1 Å². The highest BCUT2D eigenvalue weighted by atomic mass is 35.5. The van der Waals surface area contributed by atoms with Crippen LogP contribution >= 0.6 is 11.6 Å². The summed E-state index contributed by atoms with van der Waals surface area (Å²) in [6.07, 6.45) is 1.85. The van der Waals surface area contributed by atoms with Gasteiger partial charge in [-0.25, -0.2) is 8.42 Å². The van der Waals surface area contributed by atoms with E-state index < -0.39 is 10.0 Å². The fraction of sp³-hybridized carbons (Fsp3) is 0.409. The third kappa shape index (κ3) is 4.82. The summed E-state index contributed by atoms with van der Waals surface area (Å²) >= 11 is 6.24. The number of piperidine rings is 1. The van der Waals surface area contributed by atoms with E-state index >= 15 is 0 Å². The van der Waals surface area contributed by atoms with Crippen LogP contribution in [0.3, 0.4) is 0 Å². The molecule has 1 atom stereocenters. The van der Waals surface area contributed by atoms with E-state index in [1.807, 2.05) is 38.1 Å². The zero-order chi connectivity index (χ0) is 21.2. The average molecular weight is 435 g/mol. The summed E-state index contributed by atoms with van der Waals surface area (Å²) < 4.78 is 27.8. The lowest BCUT2D eigenvalue weighted by atomic mass is 10.0. The van der Waals surface area contributed by atoms with Crippen LogP contribution in [0.4, 0.5) is 0 Å². The standard InChI is InChI=1S/C22H27ClN2O3S/c1-16-7-6-12-25(14-16)29(27,28)21-13-18(10-11-20(21)23)22(26)24(3)15-19-9-5-4-8-17(19)2/h4-5,8-11,13,16H,6-7,12,14-15H2,1-3H3. The molecule has 5 nitrogen and oxygen atoms in total. The second kappa shape index (κ2) is 8.86. The van der Waals surface area contributed by atoms with Crippen molar-refractivity contribution in [2.24, 2.45) is 5.92 Å². The lowest BCUT2D eigenvalue weighted by Crippen LogP contribution is -2.39. The van der Waals surface area contributed by atoms with E-state index in [2.05, 4.69) is 0 Å². The van der Waals surface area contributed by atoms with Crippen molar-refractivity contribution in [3.05, 3.63) is 64.2 Å². The molecule has 0 spiro atoms. The van der Waals surface area contributed by atoms with E-state index in [0.29, 0.717) is 31.1 Å². The number of benzene rings is 2. The molecule has 0 bridgehead atoms. The Balaban J connectivity index is 1.86. The molecule has 156 valence electrons. The predicted octanol–water partition coefficient (Wildman–Crippen LogP) is 4.34. The molecule has 1 heterocycles. The fourth-order valence-corrected chi connectivity index (χ4v) is 5.77. The normalized spacial score (nSPS) is 17.9. The molecule has 1 fully saturated rings. The Morgan fingerprint density at radius 3 is 2.66 bits per heavy atom. The molecule has 0 saturated carbocycles. The number of halogens is 1. The molecule has 2 aromatic carbocycles. The topological polar surface area (TPSA) is 57.7 Å². The molecule has 0 N–H and O–H groups in total. The van der Waals surface area contributed by atoms with Crippen molar-refractivity contribution >= 4 is 27.5 Å². The molecule has 1 amide bonds. The van der Waals surface area contributed by atoms with Gasteiger partial charge in [-0.15, -0.1) is 0 Å². The van der Waals surface area contributed by atoms with E-state index in [9.17, 15) is 13.2 Å². The Kier molecular flexibility index (Phi) is 6.66. The van der Waals surface area contributed by atoms with Gasteiger partial charge in [0.25, 0.3) is 5.91 Å². The number of carbonyl (C=O) groups is 1.